The van der Waals surface area contributed by atoms with Gasteiger partial charge in [-0.25, -0.2) is 0 Å². The molecule has 1 aromatic carbocycles. The van der Waals surface area contributed by atoms with Crippen LogP contribution in [0.2, 0.25) is 0 Å². The summed E-state index contributed by atoms with van der Waals surface area (Å²) in [6.07, 6.45) is 5.21. The van der Waals surface area contributed by atoms with Gasteiger partial charge in [-0.2, -0.15) is 0 Å². The highest BCUT2D eigenvalue weighted by Crippen LogP contribution is 2.33. The number of carbonyl (C=O) groups is 1. The summed E-state index contributed by atoms with van der Waals surface area (Å²) in [5.41, 5.74) is 2.81. The van der Waals surface area contributed by atoms with Gasteiger partial charge in [-0.05, 0) is 44.1 Å². The summed E-state index contributed by atoms with van der Waals surface area (Å²) in [7, 11) is 0. The molecule has 0 bridgehead atoms. The molecule has 18 heavy (non-hydrogen) atoms. The molecule has 0 unspecified atom stereocenters. The second-order valence-electron chi connectivity index (χ2n) is 5.38. The number of amides is 1. The summed E-state index contributed by atoms with van der Waals surface area (Å²) < 4.78 is 0. The molecular weight excluding hydrogens is 222 g/mol. The molecule has 2 heteroatoms. The maximum Gasteiger partial charge on any atom is 0.219 e. The molecule has 0 spiro atoms. The minimum Gasteiger partial charge on any atom is -0.353 e. The molecule has 0 radical (unpaired) electrons. The van der Waals surface area contributed by atoms with E-state index in [0.717, 1.165) is 12.8 Å². The number of rotatable bonds is 3. The third-order valence-electron chi connectivity index (χ3n) is 3.93. The van der Waals surface area contributed by atoms with E-state index in [1.165, 1.54) is 24.0 Å². The summed E-state index contributed by atoms with van der Waals surface area (Å²) in [5, 5.41) is 3.11. The van der Waals surface area contributed by atoms with Crippen LogP contribution in [0.3, 0.4) is 0 Å². The number of hydrogen-bond donors (Lipinski definition) is 1. The Morgan fingerprint density at radius 3 is 2.61 bits per heavy atom. The predicted molar refractivity (Wildman–Crippen MR) is 74.6 cm³/mol. The smallest absolute Gasteiger partial charge is 0.219 e. The zero-order chi connectivity index (χ0) is 13.0. The van der Waals surface area contributed by atoms with E-state index in [4.69, 9.17) is 0 Å². The second-order valence-corrected chi connectivity index (χ2v) is 5.38. The largest absolute Gasteiger partial charge is 0.353 e. The van der Waals surface area contributed by atoms with Crippen molar-refractivity contribution in [1.82, 2.24) is 5.32 Å². The molecule has 98 valence electrons. The minimum absolute atomic E-state index is 0.189. The number of aryl methyl sites for hydroxylation is 1. The molecule has 0 atom stereocenters. The second kappa shape index (κ2) is 6.03. The van der Waals surface area contributed by atoms with Crippen LogP contribution in [-0.4, -0.2) is 11.9 Å². The van der Waals surface area contributed by atoms with Gasteiger partial charge in [-0.1, -0.05) is 36.8 Å². The van der Waals surface area contributed by atoms with Gasteiger partial charge in [-0.15, -0.1) is 0 Å². The van der Waals surface area contributed by atoms with Crippen LogP contribution in [0.5, 0.6) is 0 Å². The van der Waals surface area contributed by atoms with Crippen molar-refractivity contribution in [3.63, 3.8) is 0 Å². The van der Waals surface area contributed by atoms with Gasteiger partial charge in [0.1, 0.15) is 0 Å². The summed E-state index contributed by atoms with van der Waals surface area (Å²) in [4.78, 5) is 11.4. The lowest BCUT2D eigenvalue weighted by Gasteiger charge is -2.29. The Bertz CT molecular complexity index is 405. The topological polar surface area (TPSA) is 29.1 Å². The first kappa shape index (κ1) is 13.1. The normalized spacial score (nSPS) is 23.7. The van der Waals surface area contributed by atoms with Gasteiger partial charge in [0.25, 0.3) is 0 Å². The molecule has 1 saturated carbocycles. The Hall–Kier alpha value is -1.31. The first-order valence-electron chi connectivity index (χ1n) is 7.05. The van der Waals surface area contributed by atoms with Gasteiger partial charge in [0, 0.05) is 12.5 Å². The third-order valence-corrected chi connectivity index (χ3v) is 3.93. The van der Waals surface area contributed by atoms with E-state index in [1.807, 2.05) is 6.92 Å². The molecule has 0 aliphatic heterocycles. The van der Waals surface area contributed by atoms with E-state index in [-0.39, 0.29) is 5.91 Å². The molecule has 1 fully saturated rings. The molecule has 1 N–H and O–H groups in total. The van der Waals surface area contributed by atoms with E-state index >= 15 is 0 Å². The highest BCUT2D eigenvalue weighted by atomic mass is 16.1. The van der Waals surface area contributed by atoms with Crippen LogP contribution >= 0.6 is 0 Å². The summed E-state index contributed by atoms with van der Waals surface area (Å²) in [6.45, 7) is 4.06. The molecule has 2 rings (SSSR count). The van der Waals surface area contributed by atoms with Crippen LogP contribution in [0.1, 0.15) is 56.1 Å². The minimum atomic E-state index is 0.189. The fourth-order valence-electron chi connectivity index (χ4n) is 2.82. The van der Waals surface area contributed by atoms with Crippen molar-refractivity contribution < 1.29 is 4.79 Å². The molecule has 1 aliphatic rings. The van der Waals surface area contributed by atoms with E-state index in [2.05, 4.69) is 36.5 Å². The van der Waals surface area contributed by atoms with E-state index < -0.39 is 0 Å². The summed E-state index contributed by atoms with van der Waals surface area (Å²) >= 11 is 0. The Labute approximate surface area is 110 Å². The monoisotopic (exact) mass is 245 g/mol. The van der Waals surface area contributed by atoms with Gasteiger partial charge in [0.15, 0.2) is 0 Å². The maximum atomic E-state index is 11.4. The molecule has 0 saturated heterocycles. The van der Waals surface area contributed by atoms with Gasteiger partial charge in [-0.3, -0.25) is 4.79 Å². The first-order chi connectivity index (χ1) is 8.69. The quantitative estimate of drug-likeness (QED) is 0.867. The molecule has 0 heterocycles. The fraction of sp³-hybridized carbons (Fsp3) is 0.562. The lowest BCUT2D eigenvalue weighted by atomic mass is 9.81. The number of hydrogen-bond acceptors (Lipinski definition) is 1. The molecule has 1 aromatic rings. The fourth-order valence-corrected chi connectivity index (χ4v) is 2.82. The van der Waals surface area contributed by atoms with E-state index in [0.29, 0.717) is 18.4 Å². The average molecular weight is 245 g/mol. The van der Waals surface area contributed by atoms with Crippen molar-refractivity contribution in [2.24, 2.45) is 0 Å². The highest BCUT2D eigenvalue weighted by molar-refractivity contribution is 5.75. The van der Waals surface area contributed by atoms with Crippen LogP contribution in [0, 0.1) is 6.92 Å². The molecule has 2 nitrogen and oxygen atoms in total. The van der Waals surface area contributed by atoms with Crippen LogP contribution in [0.25, 0.3) is 0 Å². The lowest BCUT2D eigenvalue weighted by molar-refractivity contribution is -0.121. The number of carbonyl (C=O) groups excluding carboxylic acids is 1. The lowest BCUT2D eigenvalue weighted by Crippen LogP contribution is -2.36. The van der Waals surface area contributed by atoms with Crippen molar-refractivity contribution in [2.75, 3.05) is 0 Å². The van der Waals surface area contributed by atoms with Crippen LogP contribution < -0.4 is 5.32 Å². The van der Waals surface area contributed by atoms with Crippen molar-refractivity contribution >= 4 is 5.91 Å². The van der Waals surface area contributed by atoms with Gasteiger partial charge in [0.2, 0.25) is 5.91 Å². The zero-order valence-electron chi connectivity index (χ0n) is 11.4. The molecule has 0 aromatic heterocycles. The van der Waals surface area contributed by atoms with Crippen molar-refractivity contribution in [1.29, 1.82) is 0 Å². The van der Waals surface area contributed by atoms with Crippen molar-refractivity contribution in [3.8, 4) is 0 Å². The van der Waals surface area contributed by atoms with Crippen molar-refractivity contribution in [3.05, 3.63) is 35.4 Å². The Morgan fingerprint density at radius 1 is 1.28 bits per heavy atom. The van der Waals surface area contributed by atoms with Gasteiger partial charge < -0.3 is 5.32 Å². The zero-order valence-corrected chi connectivity index (χ0v) is 11.4. The van der Waals surface area contributed by atoms with Crippen LogP contribution in [0.15, 0.2) is 24.3 Å². The Morgan fingerprint density at radius 2 is 2.00 bits per heavy atom. The average Bonchev–Trinajstić information content (AvgIpc) is 2.39. The van der Waals surface area contributed by atoms with Gasteiger partial charge >= 0.3 is 0 Å². The van der Waals surface area contributed by atoms with E-state index in [9.17, 15) is 4.79 Å². The Kier molecular flexibility index (Phi) is 4.40. The predicted octanol–water partition coefficient (Wildman–Crippen LogP) is 3.55. The number of benzene rings is 1. The Balaban J connectivity index is 1.88. The van der Waals surface area contributed by atoms with Crippen LogP contribution in [0.4, 0.5) is 0 Å². The van der Waals surface area contributed by atoms with Gasteiger partial charge in [0.05, 0.1) is 0 Å². The summed E-state index contributed by atoms with van der Waals surface area (Å²) in [6, 6.07) is 9.24. The highest BCUT2D eigenvalue weighted by Gasteiger charge is 2.22. The third kappa shape index (κ3) is 3.34. The molecule has 1 amide bonds. The molecule has 1 aliphatic carbocycles. The van der Waals surface area contributed by atoms with Crippen LogP contribution in [-0.2, 0) is 4.79 Å². The van der Waals surface area contributed by atoms with E-state index in [1.54, 1.807) is 0 Å². The summed E-state index contributed by atoms with van der Waals surface area (Å²) in [5.74, 6) is 0.869. The SMILES string of the molecule is CCC(=O)NC1CCC(c2cccc(C)c2)CC1. The number of nitrogens with one attached hydrogen (secondary N) is 1. The first-order valence-corrected chi connectivity index (χ1v) is 7.05. The van der Waals surface area contributed by atoms with Crippen molar-refractivity contribution in [2.45, 2.75) is 57.9 Å². The maximum absolute atomic E-state index is 11.4. The standard InChI is InChI=1S/C16H23NO/c1-3-16(18)17-15-9-7-13(8-10-15)14-6-4-5-12(2)11-14/h4-6,11,13,15H,3,7-10H2,1-2H3,(H,17,18). The molecular formula is C16H23NO.